The lowest BCUT2D eigenvalue weighted by molar-refractivity contribution is 0.203. The molecule has 0 aliphatic carbocycles. The lowest BCUT2D eigenvalue weighted by Gasteiger charge is -2.19. The molecule has 0 aromatic rings. The van der Waals surface area contributed by atoms with Gasteiger partial charge in [-0.1, -0.05) is 6.92 Å². The van der Waals surface area contributed by atoms with Gasteiger partial charge in [-0.25, -0.2) is 4.79 Å². The van der Waals surface area contributed by atoms with Crippen molar-refractivity contribution in [1.82, 2.24) is 15.5 Å². The van der Waals surface area contributed by atoms with Gasteiger partial charge in [0.15, 0.2) is 0 Å². The van der Waals surface area contributed by atoms with Crippen molar-refractivity contribution in [3.8, 4) is 0 Å². The molecule has 2 N–H and O–H groups in total. The van der Waals surface area contributed by atoms with E-state index < -0.39 is 0 Å². The van der Waals surface area contributed by atoms with Gasteiger partial charge in [-0.2, -0.15) is 0 Å². The van der Waals surface area contributed by atoms with Crippen LogP contribution in [-0.2, 0) is 0 Å². The minimum absolute atomic E-state index is 0.0477. The zero-order chi connectivity index (χ0) is 10.8. The number of carbonyl (C=O) groups is 1. The van der Waals surface area contributed by atoms with Gasteiger partial charge in [0.1, 0.15) is 0 Å². The molecule has 0 saturated heterocycles. The Balaban J connectivity index is 3.43. The molecule has 84 valence electrons. The van der Waals surface area contributed by atoms with Crippen LogP contribution in [-0.4, -0.2) is 43.7 Å². The van der Waals surface area contributed by atoms with E-state index in [0.717, 1.165) is 39.1 Å². The van der Waals surface area contributed by atoms with Crippen LogP contribution in [0, 0.1) is 0 Å². The van der Waals surface area contributed by atoms with Crippen LogP contribution < -0.4 is 10.6 Å². The highest BCUT2D eigenvalue weighted by Crippen LogP contribution is 1.87. The van der Waals surface area contributed by atoms with Crippen molar-refractivity contribution in [3.63, 3.8) is 0 Å². The van der Waals surface area contributed by atoms with Gasteiger partial charge >= 0.3 is 6.03 Å². The summed E-state index contributed by atoms with van der Waals surface area (Å²) in [5.41, 5.74) is 0. The average Bonchev–Trinajstić information content (AvgIpc) is 2.19. The summed E-state index contributed by atoms with van der Waals surface area (Å²) in [4.78, 5) is 13.2. The second kappa shape index (κ2) is 8.81. The van der Waals surface area contributed by atoms with Crippen LogP contribution >= 0.6 is 0 Å². The molecular formula is C10H23N3O. The fourth-order valence-corrected chi connectivity index (χ4v) is 1.21. The minimum Gasteiger partial charge on any atom is -0.338 e. The topological polar surface area (TPSA) is 44.4 Å². The van der Waals surface area contributed by atoms with E-state index in [4.69, 9.17) is 0 Å². The zero-order valence-electron chi connectivity index (χ0n) is 9.60. The smallest absolute Gasteiger partial charge is 0.317 e. The van der Waals surface area contributed by atoms with Gasteiger partial charge in [0.2, 0.25) is 0 Å². The summed E-state index contributed by atoms with van der Waals surface area (Å²) in [7, 11) is 0. The van der Waals surface area contributed by atoms with Crippen LogP contribution in [0.25, 0.3) is 0 Å². The first-order valence-corrected chi connectivity index (χ1v) is 5.49. The lowest BCUT2D eigenvalue weighted by atomic mass is 10.4. The van der Waals surface area contributed by atoms with Gasteiger partial charge in [0.25, 0.3) is 0 Å². The number of hydrogen-bond donors (Lipinski definition) is 2. The number of amides is 2. The van der Waals surface area contributed by atoms with Gasteiger partial charge in [0, 0.05) is 19.6 Å². The van der Waals surface area contributed by atoms with Gasteiger partial charge in [-0.05, 0) is 33.4 Å². The van der Waals surface area contributed by atoms with Gasteiger partial charge in [-0.15, -0.1) is 0 Å². The van der Waals surface area contributed by atoms with E-state index in [-0.39, 0.29) is 6.03 Å². The average molecular weight is 201 g/mol. The number of carbonyl (C=O) groups excluding carboxylic acids is 1. The molecule has 2 amide bonds. The Kier molecular flexibility index (Phi) is 8.33. The molecule has 0 spiro atoms. The molecule has 0 aromatic carbocycles. The molecule has 0 rings (SSSR count). The molecule has 0 atom stereocenters. The highest BCUT2D eigenvalue weighted by molar-refractivity contribution is 5.73. The summed E-state index contributed by atoms with van der Waals surface area (Å²) >= 11 is 0. The van der Waals surface area contributed by atoms with E-state index in [9.17, 15) is 4.79 Å². The molecule has 4 heteroatoms. The second-order valence-electron chi connectivity index (χ2n) is 3.11. The zero-order valence-corrected chi connectivity index (χ0v) is 9.60. The molecule has 0 aliphatic heterocycles. The third kappa shape index (κ3) is 5.80. The Hall–Kier alpha value is -0.770. The molecule has 0 aliphatic rings. The van der Waals surface area contributed by atoms with Crippen LogP contribution in [0.15, 0.2) is 0 Å². The number of nitrogens with zero attached hydrogens (tertiary/aromatic N) is 1. The fourth-order valence-electron chi connectivity index (χ4n) is 1.21. The van der Waals surface area contributed by atoms with E-state index in [1.54, 1.807) is 4.90 Å². The highest BCUT2D eigenvalue weighted by atomic mass is 16.2. The first kappa shape index (κ1) is 13.2. The molecule has 0 aromatic heterocycles. The lowest BCUT2D eigenvalue weighted by Crippen LogP contribution is -2.40. The summed E-state index contributed by atoms with van der Waals surface area (Å²) in [6.45, 7) is 10.3. The van der Waals surface area contributed by atoms with Crippen molar-refractivity contribution in [1.29, 1.82) is 0 Å². The van der Waals surface area contributed by atoms with Crippen molar-refractivity contribution in [2.24, 2.45) is 0 Å². The maximum Gasteiger partial charge on any atom is 0.317 e. The van der Waals surface area contributed by atoms with Crippen molar-refractivity contribution in [2.45, 2.75) is 27.2 Å². The molecule has 4 nitrogen and oxygen atoms in total. The van der Waals surface area contributed by atoms with E-state index in [1.165, 1.54) is 0 Å². The third-order valence-electron chi connectivity index (χ3n) is 2.11. The fraction of sp³-hybridized carbons (Fsp3) is 0.900. The third-order valence-corrected chi connectivity index (χ3v) is 2.11. The number of nitrogens with one attached hydrogen (secondary N) is 2. The maximum atomic E-state index is 11.4. The Labute approximate surface area is 87.0 Å². The molecular weight excluding hydrogens is 178 g/mol. The molecule has 0 heterocycles. The first-order chi connectivity index (χ1) is 6.76. The Morgan fingerprint density at radius 3 is 2.29 bits per heavy atom. The second-order valence-corrected chi connectivity index (χ2v) is 3.11. The summed E-state index contributed by atoms with van der Waals surface area (Å²) in [6.07, 6.45) is 0.987. The van der Waals surface area contributed by atoms with E-state index >= 15 is 0 Å². The minimum atomic E-state index is 0.0477. The van der Waals surface area contributed by atoms with E-state index in [2.05, 4.69) is 17.6 Å². The van der Waals surface area contributed by atoms with Crippen LogP contribution in [0.1, 0.15) is 27.2 Å². The predicted molar refractivity (Wildman–Crippen MR) is 59.5 cm³/mol. The first-order valence-electron chi connectivity index (χ1n) is 5.49. The summed E-state index contributed by atoms with van der Waals surface area (Å²) in [6, 6.07) is 0.0477. The van der Waals surface area contributed by atoms with Crippen molar-refractivity contribution >= 4 is 6.03 Å². The van der Waals surface area contributed by atoms with Crippen molar-refractivity contribution < 1.29 is 4.79 Å². The molecule has 0 radical (unpaired) electrons. The van der Waals surface area contributed by atoms with Gasteiger partial charge in [-0.3, -0.25) is 0 Å². The number of hydrogen-bond acceptors (Lipinski definition) is 2. The summed E-state index contributed by atoms with van der Waals surface area (Å²) < 4.78 is 0. The highest BCUT2D eigenvalue weighted by Gasteiger charge is 2.06. The maximum absolute atomic E-state index is 11.4. The van der Waals surface area contributed by atoms with E-state index in [1.807, 2.05) is 13.8 Å². The Bertz CT molecular complexity index is 146. The Morgan fingerprint density at radius 2 is 1.79 bits per heavy atom. The van der Waals surface area contributed by atoms with Crippen molar-refractivity contribution in [2.75, 3.05) is 32.7 Å². The normalized spacial score (nSPS) is 9.93. The molecule has 0 unspecified atom stereocenters. The molecule has 14 heavy (non-hydrogen) atoms. The number of rotatable bonds is 7. The van der Waals surface area contributed by atoms with Gasteiger partial charge < -0.3 is 15.5 Å². The monoisotopic (exact) mass is 201 g/mol. The van der Waals surface area contributed by atoms with Crippen LogP contribution in [0.2, 0.25) is 0 Å². The molecule has 0 fully saturated rings. The number of urea groups is 1. The SMILES string of the molecule is CCNCCCNC(=O)N(CC)CC. The van der Waals surface area contributed by atoms with Crippen LogP contribution in [0.3, 0.4) is 0 Å². The molecule has 0 bridgehead atoms. The van der Waals surface area contributed by atoms with Crippen LogP contribution in [0.5, 0.6) is 0 Å². The van der Waals surface area contributed by atoms with E-state index in [0.29, 0.717) is 0 Å². The van der Waals surface area contributed by atoms with Gasteiger partial charge in [0.05, 0.1) is 0 Å². The van der Waals surface area contributed by atoms with Crippen molar-refractivity contribution in [3.05, 3.63) is 0 Å². The summed E-state index contributed by atoms with van der Waals surface area (Å²) in [5.74, 6) is 0. The van der Waals surface area contributed by atoms with Crippen LogP contribution in [0.4, 0.5) is 4.79 Å². The standard InChI is InChI=1S/C10H23N3O/c1-4-11-8-7-9-12-10(14)13(5-2)6-3/h11H,4-9H2,1-3H3,(H,12,14). The summed E-state index contributed by atoms with van der Waals surface area (Å²) in [5, 5.41) is 6.10. The predicted octanol–water partition coefficient (Wildman–Crippen LogP) is 1.04. The quantitative estimate of drug-likeness (QED) is 0.604. The molecule has 0 saturated carbocycles. The largest absolute Gasteiger partial charge is 0.338 e. The Morgan fingerprint density at radius 1 is 1.14 bits per heavy atom.